The van der Waals surface area contributed by atoms with E-state index >= 15 is 0 Å². The molecule has 1 rings (SSSR count). The van der Waals surface area contributed by atoms with Crippen LogP contribution in [0.25, 0.3) is 0 Å². The largest absolute Gasteiger partial charge is 0.480 e. The fourth-order valence-corrected chi connectivity index (χ4v) is 0.966. The molecule has 0 atom stereocenters. The summed E-state index contributed by atoms with van der Waals surface area (Å²) < 4.78 is 0. The molecule has 1 aromatic carbocycles. The Morgan fingerprint density at radius 2 is 2.23 bits per heavy atom. The molecule has 0 bridgehead atoms. The molecular weight excluding hydrogens is 213 g/mol. The summed E-state index contributed by atoms with van der Waals surface area (Å²) in [6.07, 6.45) is 0. The van der Waals surface area contributed by atoms with Crippen molar-refractivity contribution < 1.29 is 9.90 Å². The lowest BCUT2D eigenvalue weighted by Crippen LogP contribution is -2.11. The van der Waals surface area contributed by atoms with Crippen molar-refractivity contribution in [3.8, 4) is 0 Å². The van der Waals surface area contributed by atoms with E-state index in [-0.39, 0.29) is 19.0 Å². The first kappa shape index (κ1) is 12.1. The second kappa shape index (κ2) is 5.67. The van der Waals surface area contributed by atoms with Crippen LogP contribution in [0.4, 0.5) is 5.69 Å². The van der Waals surface area contributed by atoms with E-state index in [0.717, 1.165) is 0 Å². The molecule has 0 spiro atoms. The maximum atomic E-state index is 10.2. The van der Waals surface area contributed by atoms with Crippen molar-refractivity contribution in [1.29, 1.82) is 0 Å². The average molecular weight is 222 g/mol. The first-order chi connectivity index (χ1) is 5.68. The van der Waals surface area contributed by atoms with Crippen LogP contribution in [-0.4, -0.2) is 17.6 Å². The lowest BCUT2D eigenvalue weighted by molar-refractivity contribution is -0.134. The summed E-state index contributed by atoms with van der Waals surface area (Å²) in [7, 11) is 0. The van der Waals surface area contributed by atoms with Crippen molar-refractivity contribution in [3.63, 3.8) is 0 Å². The van der Waals surface area contributed by atoms with Gasteiger partial charge in [-0.1, -0.05) is 17.7 Å². The molecular formula is C8H9Cl2NO2. The standard InChI is InChI=1S/C8H8ClNO2.ClH/c9-6-2-1-3-7(4-6)10-5-8(11)12;/h1-4,10H,5H2,(H,11,12);1H. The Morgan fingerprint density at radius 3 is 2.77 bits per heavy atom. The third kappa shape index (κ3) is 4.60. The quantitative estimate of drug-likeness (QED) is 0.824. The van der Waals surface area contributed by atoms with Crippen molar-refractivity contribution in [2.24, 2.45) is 0 Å². The maximum Gasteiger partial charge on any atom is 0.322 e. The highest BCUT2D eigenvalue weighted by Gasteiger charge is 1.96. The maximum absolute atomic E-state index is 10.2. The Morgan fingerprint density at radius 1 is 1.54 bits per heavy atom. The molecule has 13 heavy (non-hydrogen) atoms. The Balaban J connectivity index is 0.00000144. The fourth-order valence-electron chi connectivity index (χ4n) is 0.776. The van der Waals surface area contributed by atoms with E-state index in [0.29, 0.717) is 10.7 Å². The fraction of sp³-hybridized carbons (Fsp3) is 0.125. The number of halogens is 2. The number of hydrogen-bond donors (Lipinski definition) is 2. The van der Waals surface area contributed by atoms with Crippen LogP contribution in [0.5, 0.6) is 0 Å². The summed E-state index contributed by atoms with van der Waals surface area (Å²) in [6, 6.07) is 6.92. The first-order valence-corrected chi connectivity index (χ1v) is 3.77. The molecule has 0 fully saturated rings. The number of rotatable bonds is 3. The lowest BCUT2D eigenvalue weighted by Gasteiger charge is -2.02. The van der Waals surface area contributed by atoms with Crippen LogP contribution < -0.4 is 5.32 Å². The minimum atomic E-state index is -0.894. The molecule has 2 N–H and O–H groups in total. The number of benzene rings is 1. The van der Waals surface area contributed by atoms with Crippen molar-refractivity contribution in [2.75, 3.05) is 11.9 Å². The van der Waals surface area contributed by atoms with E-state index < -0.39 is 5.97 Å². The number of carbonyl (C=O) groups is 1. The summed E-state index contributed by atoms with van der Waals surface area (Å²) in [6.45, 7) is -0.0969. The SMILES string of the molecule is Cl.O=C(O)CNc1cccc(Cl)c1. The van der Waals surface area contributed by atoms with Gasteiger partial charge in [-0.3, -0.25) is 4.79 Å². The van der Waals surface area contributed by atoms with Crippen molar-refractivity contribution in [1.82, 2.24) is 0 Å². The smallest absolute Gasteiger partial charge is 0.322 e. The predicted molar refractivity (Wildman–Crippen MR) is 54.8 cm³/mol. The third-order valence-electron chi connectivity index (χ3n) is 1.27. The van der Waals surface area contributed by atoms with Gasteiger partial charge in [0.15, 0.2) is 0 Å². The average Bonchev–Trinajstić information content (AvgIpc) is 2.01. The van der Waals surface area contributed by atoms with Gasteiger partial charge < -0.3 is 10.4 Å². The number of anilines is 1. The van der Waals surface area contributed by atoms with E-state index in [9.17, 15) is 4.79 Å². The molecule has 0 radical (unpaired) electrons. The van der Waals surface area contributed by atoms with Crippen LogP contribution >= 0.6 is 24.0 Å². The third-order valence-corrected chi connectivity index (χ3v) is 1.50. The molecule has 0 unspecified atom stereocenters. The molecule has 0 aliphatic carbocycles. The van der Waals surface area contributed by atoms with E-state index in [1.54, 1.807) is 24.3 Å². The molecule has 5 heteroatoms. The van der Waals surface area contributed by atoms with Crippen LogP contribution in [0.15, 0.2) is 24.3 Å². The number of carboxylic acids is 1. The first-order valence-electron chi connectivity index (χ1n) is 3.40. The van der Waals surface area contributed by atoms with Crippen LogP contribution in [0.3, 0.4) is 0 Å². The second-order valence-corrected chi connectivity index (χ2v) is 2.69. The van der Waals surface area contributed by atoms with Gasteiger partial charge in [0.25, 0.3) is 0 Å². The minimum Gasteiger partial charge on any atom is -0.480 e. The van der Waals surface area contributed by atoms with Gasteiger partial charge in [0, 0.05) is 10.7 Å². The highest BCUT2D eigenvalue weighted by molar-refractivity contribution is 6.30. The zero-order valence-corrected chi connectivity index (χ0v) is 8.23. The summed E-state index contributed by atoms with van der Waals surface area (Å²) in [4.78, 5) is 10.2. The van der Waals surface area contributed by atoms with E-state index in [1.165, 1.54) is 0 Å². The molecule has 0 aliphatic heterocycles. The number of nitrogens with one attached hydrogen (secondary N) is 1. The molecule has 72 valence electrons. The van der Waals surface area contributed by atoms with Crippen LogP contribution in [-0.2, 0) is 4.79 Å². The molecule has 0 saturated carbocycles. The number of carboxylic acid groups (broad SMARTS) is 1. The highest BCUT2D eigenvalue weighted by Crippen LogP contribution is 2.14. The molecule has 1 aromatic rings. The predicted octanol–water partition coefficient (Wildman–Crippen LogP) is 2.26. The second-order valence-electron chi connectivity index (χ2n) is 2.26. The van der Waals surface area contributed by atoms with Gasteiger partial charge in [-0.15, -0.1) is 12.4 Å². The molecule has 0 heterocycles. The van der Waals surface area contributed by atoms with Gasteiger partial charge in [0.2, 0.25) is 0 Å². The van der Waals surface area contributed by atoms with Gasteiger partial charge in [-0.25, -0.2) is 0 Å². The zero-order valence-electron chi connectivity index (χ0n) is 6.66. The van der Waals surface area contributed by atoms with Crippen molar-refractivity contribution in [3.05, 3.63) is 29.3 Å². The molecule has 0 aromatic heterocycles. The zero-order chi connectivity index (χ0) is 8.97. The van der Waals surface area contributed by atoms with Gasteiger partial charge in [0.1, 0.15) is 6.54 Å². The number of hydrogen-bond acceptors (Lipinski definition) is 2. The highest BCUT2D eigenvalue weighted by atomic mass is 35.5. The minimum absolute atomic E-state index is 0. The van der Waals surface area contributed by atoms with E-state index in [1.807, 2.05) is 0 Å². The van der Waals surface area contributed by atoms with Crippen molar-refractivity contribution in [2.45, 2.75) is 0 Å². The van der Waals surface area contributed by atoms with Gasteiger partial charge >= 0.3 is 5.97 Å². The monoisotopic (exact) mass is 221 g/mol. The molecule has 3 nitrogen and oxygen atoms in total. The lowest BCUT2D eigenvalue weighted by atomic mass is 10.3. The Kier molecular flexibility index (Phi) is 5.26. The van der Waals surface area contributed by atoms with Crippen LogP contribution in [0.1, 0.15) is 0 Å². The summed E-state index contributed by atoms with van der Waals surface area (Å²) in [5.74, 6) is -0.894. The Bertz CT molecular complexity index is 291. The van der Waals surface area contributed by atoms with Crippen LogP contribution in [0.2, 0.25) is 5.02 Å². The molecule has 0 saturated heterocycles. The summed E-state index contributed by atoms with van der Waals surface area (Å²) >= 11 is 5.67. The summed E-state index contributed by atoms with van der Waals surface area (Å²) in [5.41, 5.74) is 0.713. The number of aliphatic carboxylic acids is 1. The van der Waals surface area contributed by atoms with E-state index in [2.05, 4.69) is 5.32 Å². The Labute approximate surface area is 87.1 Å². The normalized spacial score (nSPS) is 8.69. The van der Waals surface area contributed by atoms with E-state index in [4.69, 9.17) is 16.7 Å². The topological polar surface area (TPSA) is 49.3 Å². The summed E-state index contributed by atoms with van der Waals surface area (Å²) in [5, 5.41) is 11.6. The molecule has 0 aliphatic rings. The van der Waals surface area contributed by atoms with Crippen molar-refractivity contribution >= 4 is 35.7 Å². The van der Waals surface area contributed by atoms with Crippen LogP contribution in [0, 0.1) is 0 Å². The van der Waals surface area contributed by atoms with Gasteiger partial charge in [-0.2, -0.15) is 0 Å². The van der Waals surface area contributed by atoms with Gasteiger partial charge in [-0.05, 0) is 18.2 Å². The van der Waals surface area contributed by atoms with Gasteiger partial charge in [0.05, 0.1) is 0 Å². The Hall–Kier alpha value is -0.930. The molecule has 0 amide bonds.